The zero-order chi connectivity index (χ0) is 27.9. The lowest BCUT2D eigenvalue weighted by Crippen LogP contribution is -2.51. The van der Waals surface area contributed by atoms with Crippen LogP contribution in [0.25, 0.3) is 0 Å². The number of amides is 2. The fourth-order valence-corrected chi connectivity index (χ4v) is 5.51. The van der Waals surface area contributed by atoms with E-state index in [0.717, 1.165) is 21.0 Å². The van der Waals surface area contributed by atoms with Crippen molar-refractivity contribution >= 4 is 27.5 Å². The number of benzene rings is 3. The Balaban J connectivity index is 2.05. The number of nitrogens with one attached hydrogen (secondary N) is 1. The number of ether oxygens (including phenoxy) is 1. The number of hydrogen-bond acceptors (Lipinski definition) is 5. The summed E-state index contributed by atoms with van der Waals surface area (Å²) in [6.07, 6.45) is 0.366. The maximum absolute atomic E-state index is 13.9. The van der Waals surface area contributed by atoms with Crippen LogP contribution in [-0.4, -0.2) is 51.9 Å². The third-order valence-electron chi connectivity index (χ3n) is 6.35. The van der Waals surface area contributed by atoms with Crippen LogP contribution in [0.1, 0.15) is 30.0 Å². The fourth-order valence-electron chi connectivity index (χ4n) is 4.09. The van der Waals surface area contributed by atoms with Crippen LogP contribution in [0.2, 0.25) is 0 Å². The highest BCUT2D eigenvalue weighted by Gasteiger charge is 2.33. The molecule has 1 atom stereocenters. The Morgan fingerprint density at radius 1 is 0.895 bits per heavy atom. The molecule has 0 aromatic heterocycles. The van der Waals surface area contributed by atoms with Crippen molar-refractivity contribution in [3.8, 4) is 5.75 Å². The first-order valence-electron chi connectivity index (χ1n) is 12.4. The minimum Gasteiger partial charge on any atom is -0.497 e. The summed E-state index contributed by atoms with van der Waals surface area (Å²) in [7, 11) is -1.07. The number of likely N-dealkylation sites (N-methyl/N-ethyl adjacent to an activating group) is 1. The van der Waals surface area contributed by atoms with Gasteiger partial charge in [0.1, 0.15) is 18.3 Å². The molecule has 0 saturated heterocycles. The van der Waals surface area contributed by atoms with Crippen molar-refractivity contribution < 1.29 is 22.7 Å². The molecule has 3 aromatic rings. The second-order valence-electron chi connectivity index (χ2n) is 9.07. The number of sulfonamides is 1. The van der Waals surface area contributed by atoms with E-state index in [9.17, 15) is 18.0 Å². The minimum absolute atomic E-state index is 0.0649. The number of anilines is 1. The SMILES string of the molecule is CCC(C(=O)NC)N(Cc1ccc(C)cc1)C(=O)CN(c1ccc(OC)cc1)S(=O)(=O)c1ccc(C)cc1. The topological polar surface area (TPSA) is 96.0 Å². The maximum atomic E-state index is 13.9. The molecular formula is C29H35N3O5S. The second kappa shape index (κ2) is 12.6. The normalized spacial score (nSPS) is 11.9. The number of hydrogen-bond donors (Lipinski definition) is 1. The Bertz CT molecular complexity index is 1340. The molecule has 0 saturated carbocycles. The Morgan fingerprint density at radius 2 is 1.45 bits per heavy atom. The van der Waals surface area contributed by atoms with Crippen molar-refractivity contribution in [1.82, 2.24) is 10.2 Å². The molecule has 3 rings (SSSR count). The third kappa shape index (κ3) is 6.72. The quantitative estimate of drug-likeness (QED) is 0.398. The monoisotopic (exact) mass is 537 g/mol. The van der Waals surface area contributed by atoms with Gasteiger partial charge in [0.2, 0.25) is 11.8 Å². The molecule has 9 heteroatoms. The fraction of sp³-hybridized carbons (Fsp3) is 0.310. The maximum Gasteiger partial charge on any atom is 0.264 e. The van der Waals surface area contributed by atoms with Gasteiger partial charge in [-0.25, -0.2) is 8.42 Å². The average Bonchev–Trinajstić information content (AvgIpc) is 2.92. The standard InChI is InChI=1S/C29H35N3O5S/c1-6-27(29(34)30-4)31(19-23-11-7-21(2)8-12-23)28(33)20-32(24-13-15-25(37-5)16-14-24)38(35,36)26-17-9-22(3)10-18-26/h7-18,27H,6,19-20H2,1-5H3,(H,30,34). The molecule has 0 aliphatic heterocycles. The van der Waals surface area contributed by atoms with E-state index in [2.05, 4.69) is 5.32 Å². The number of aryl methyl sites for hydroxylation is 2. The van der Waals surface area contributed by atoms with Gasteiger partial charge in [0.05, 0.1) is 17.7 Å². The molecule has 0 aliphatic rings. The number of rotatable bonds is 11. The van der Waals surface area contributed by atoms with Crippen molar-refractivity contribution in [2.45, 2.75) is 44.7 Å². The molecule has 0 radical (unpaired) electrons. The molecule has 0 aliphatic carbocycles. The molecule has 1 N–H and O–H groups in total. The van der Waals surface area contributed by atoms with Crippen LogP contribution in [0.5, 0.6) is 5.75 Å². The van der Waals surface area contributed by atoms with Gasteiger partial charge >= 0.3 is 0 Å². The van der Waals surface area contributed by atoms with E-state index in [1.807, 2.05) is 45.0 Å². The van der Waals surface area contributed by atoms with Gasteiger partial charge in [-0.05, 0) is 62.2 Å². The van der Waals surface area contributed by atoms with E-state index in [0.29, 0.717) is 17.9 Å². The molecule has 0 bridgehead atoms. The van der Waals surface area contributed by atoms with Crippen LogP contribution >= 0.6 is 0 Å². The van der Waals surface area contributed by atoms with Crippen LogP contribution in [0.4, 0.5) is 5.69 Å². The van der Waals surface area contributed by atoms with Crippen molar-refractivity contribution in [3.05, 3.63) is 89.5 Å². The van der Waals surface area contributed by atoms with E-state index in [1.165, 1.54) is 31.2 Å². The van der Waals surface area contributed by atoms with Gasteiger partial charge in [-0.15, -0.1) is 0 Å². The van der Waals surface area contributed by atoms with Crippen molar-refractivity contribution in [3.63, 3.8) is 0 Å². The Kier molecular flexibility index (Phi) is 9.52. The zero-order valence-electron chi connectivity index (χ0n) is 22.5. The molecule has 38 heavy (non-hydrogen) atoms. The highest BCUT2D eigenvalue weighted by atomic mass is 32.2. The largest absolute Gasteiger partial charge is 0.497 e. The van der Waals surface area contributed by atoms with Gasteiger partial charge in [-0.3, -0.25) is 13.9 Å². The summed E-state index contributed by atoms with van der Waals surface area (Å²) in [5.74, 6) is -0.252. The number of nitrogens with zero attached hydrogens (tertiary/aromatic N) is 2. The summed E-state index contributed by atoms with van der Waals surface area (Å²) in [6.45, 7) is 5.33. The van der Waals surface area contributed by atoms with Crippen LogP contribution < -0.4 is 14.4 Å². The van der Waals surface area contributed by atoms with E-state index in [1.54, 1.807) is 36.4 Å². The predicted octanol–water partition coefficient (Wildman–Crippen LogP) is 4.06. The van der Waals surface area contributed by atoms with Crippen molar-refractivity contribution in [2.75, 3.05) is 25.0 Å². The molecule has 0 spiro atoms. The Hall–Kier alpha value is -3.85. The first-order valence-corrected chi connectivity index (χ1v) is 13.8. The molecule has 0 fully saturated rings. The third-order valence-corrected chi connectivity index (χ3v) is 8.14. The second-order valence-corrected chi connectivity index (χ2v) is 10.9. The van der Waals surface area contributed by atoms with Crippen LogP contribution in [0.15, 0.2) is 77.7 Å². The Morgan fingerprint density at radius 3 is 1.95 bits per heavy atom. The van der Waals surface area contributed by atoms with Crippen LogP contribution in [0, 0.1) is 13.8 Å². The summed E-state index contributed by atoms with van der Waals surface area (Å²) in [5, 5.41) is 2.63. The number of carbonyl (C=O) groups is 2. The smallest absolute Gasteiger partial charge is 0.264 e. The average molecular weight is 538 g/mol. The van der Waals surface area contributed by atoms with Gasteiger partial charge in [0.15, 0.2) is 0 Å². The van der Waals surface area contributed by atoms with E-state index < -0.39 is 28.5 Å². The lowest BCUT2D eigenvalue weighted by molar-refractivity contribution is -0.140. The zero-order valence-corrected chi connectivity index (χ0v) is 23.3. The highest BCUT2D eigenvalue weighted by molar-refractivity contribution is 7.92. The number of carbonyl (C=O) groups excluding carboxylic acids is 2. The number of methoxy groups -OCH3 is 1. The molecular weight excluding hydrogens is 502 g/mol. The van der Waals surface area contributed by atoms with E-state index in [-0.39, 0.29) is 17.3 Å². The van der Waals surface area contributed by atoms with E-state index in [4.69, 9.17) is 4.74 Å². The van der Waals surface area contributed by atoms with Gasteiger partial charge in [0, 0.05) is 13.6 Å². The molecule has 1 unspecified atom stereocenters. The van der Waals surface area contributed by atoms with Crippen LogP contribution in [0.3, 0.4) is 0 Å². The lowest BCUT2D eigenvalue weighted by atomic mass is 10.1. The first kappa shape index (κ1) is 28.7. The van der Waals surface area contributed by atoms with Crippen molar-refractivity contribution in [1.29, 1.82) is 0 Å². The van der Waals surface area contributed by atoms with Gasteiger partial charge in [0.25, 0.3) is 10.0 Å². The predicted molar refractivity (Wildman–Crippen MR) is 149 cm³/mol. The molecule has 0 heterocycles. The summed E-state index contributed by atoms with van der Waals surface area (Å²) in [6, 6.07) is 19.8. The van der Waals surface area contributed by atoms with E-state index >= 15 is 0 Å². The molecule has 3 aromatic carbocycles. The molecule has 2 amide bonds. The minimum atomic E-state index is -4.11. The van der Waals surface area contributed by atoms with Gasteiger partial charge in [-0.1, -0.05) is 54.4 Å². The first-order chi connectivity index (χ1) is 18.1. The summed E-state index contributed by atoms with van der Waals surface area (Å²) in [4.78, 5) is 28.2. The Labute approximate surface area is 225 Å². The summed E-state index contributed by atoms with van der Waals surface area (Å²) >= 11 is 0. The lowest BCUT2D eigenvalue weighted by Gasteiger charge is -2.33. The summed E-state index contributed by atoms with van der Waals surface area (Å²) in [5.41, 5.74) is 3.13. The van der Waals surface area contributed by atoms with Gasteiger partial charge in [-0.2, -0.15) is 0 Å². The highest BCUT2D eigenvalue weighted by Crippen LogP contribution is 2.27. The van der Waals surface area contributed by atoms with Crippen molar-refractivity contribution in [2.24, 2.45) is 0 Å². The van der Waals surface area contributed by atoms with Crippen LogP contribution in [-0.2, 0) is 26.2 Å². The summed E-state index contributed by atoms with van der Waals surface area (Å²) < 4.78 is 34.0. The van der Waals surface area contributed by atoms with Gasteiger partial charge < -0.3 is 15.0 Å². The molecule has 202 valence electrons. The molecule has 8 nitrogen and oxygen atoms in total.